The summed E-state index contributed by atoms with van der Waals surface area (Å²) in [6, 6.07) is 0. The molecular formula is C24H39NO3S. The van der Waals surface area contributed by atoms with Gasteiger partial charge in [-0.05, 0) is 55.8 Å². The molecule has 0 fully saturated rings. The van der Waals surface area contributed by atoms with Gasteiger partial charge in [0.2, 0.25) is 0 Å². The number of hydrogen-bond acceptors (Lipinski definition) is 4. The lowest BCUT2D eigenvalue weighted by Crippen LogP contribution is -2.27. The summed E-state index contributed by atoms with van der Waals surface area (Å²) in [4.78, 5) is 12.2. The highest BCUT2D eigenvalue weighted by molar-refractivity contribution is 7.80. The molecule has 1 aliphatic carbocycles. The largest absolute Gasteiger partial charge is 0.471 e. The Morgan fingerprint density at radius 1 is 1.34 bits per heavy atom. The van der Waals surface area contributed by atoms with Crippen LogP contribution in [-0.4, -0.2) is 35.8 Å². The lowest BCUT2D eigenvalue weighted by molar-refractivity contribution is -0.117. The maximum absolute atomic E-state index is 12.2. The van der Waals surface area contributed by atoms with Gasteiger partial charge in [-0.25, -0.2) is 0 Å². The third-order valence-corrected chi connectivity index (χ3v) is 5.88. The third kappa shape index (κ3) is 9.72. The van der Waals surface area contributed by atoms with Gasteiger partial charge in [-0.15, -0.1) is 0 Å². The molecule has 1 rings (SSSR count). The molecule has 0 saturated carbocycles. The molecule has 0 aliphatic heterocycles. The van der Waals surface area contributed by atoms with Gasteiger partial charge in [-0.2, -0.15) is 0 Å². The van der Waals surface area contributed by atoms with E-state index in [4.69, 9.17) is 17.0 Å². The lowest BCUT2D eigenvalue weighted by atomic mass is 9.80. The van der Waals surface area contributed by atoms with E-state index in [-0.39, 0.29) is 23.0 Å². The summed E-state index contributed by atoms with van der Waals surface area (Å²) >= 11 is 4.93. The Labute approximate surface area is 182 Å². The van der Waals surface area contributed by atoms with Crippen molar-refractivity contribution in [3.05, 3.63) is 36.5 Å². The SMILES string of the molecule is CCCCC(C)(C)[C@H](O)/C=C/[C@H]1C=CC(=O)[C@@H]1C/C=C\CCCCOC(=S)NC. The summed E-state index contributed by atoms with van der Waals surface area (Å²) in [7, 11) is 1.75. The Hall–Kier alpha value is -1.46. The predicted octanol–water partition coefficient (Wildman–Crippen LogP) is 5.13. The second-order valence-corrected chi connectivity index (χ2v) is 8.83. The summed E-state index contributed by atoms with van der Waals surface area (Å²) < 4.78 is 5.31. The van der Waals surface area contributed by atoms with Crippen molar-refractivity contribution in [3.8, 4) is 0 Å². The number of ether oxygens (including phenoxy) is 1. The quantitative estimate of drug-likeness (QED) is 0.245. The second-order valence-electron chi connectivity index (χ2n) is 8.46. The van der Waals surface area contributed by atoms with Crippen molar-refractivity contribution in [1.82, 2.24) is 5.32 Å². The van der Waals surface area contributed by atoms with Gasteiger partial charge in [0.15, 0.2) is 5.78 Å². The summed E-state index contributed by atoms with van der Waals surface area (Å²) in [5, 5.41) is 13.8. The average Bonchev–Trinajstić information content (AvgIpc) is 3.05. The van der Waals surface area contributed by atoms with Crippen molar-refractivity contribution in [3.63, 3.8) is 0 Å². The predicted molar refractivity (Wildman–Crippen MR) is 125 cm³/mol. The molecular weight excluding hydrogens is 382 g/mol. The number of nitrogens with one attached hydrogen (secondary N) is 1. The smallest absolute Gasteiger partial charge is 0.256 e. The third-order valence-electron chi connectivity index (χ3n) is 5.56. The number of carbonyl (C=O) groups is 1. The first-order valence-electron chi connectivity index (χ1n) is 10.9. The number of aliphatic hydroxyl groups is 1. The highest BCUT2D eigenvalue weighted by Crippen LogP contribution is 2.31. The van der Waals surface area contributed by atoms with Gasteiger partial charge in [0, 0.05) is 18.9 Å². The number of thiocarbonyl (C=S) groups is 1. The van der Waals surface area contributed by atoms with Crippen LogP contribution in [0, 0.1) is 17.3 Å². The Bertz CT molecular complexity index is 595. The van der Waals surface area contributed by atoms with Crippen LogP contribution in [0.1, 0.15) is 65.7 Å². The van der Waals surface area contributed by atoms with E-state index in [0.717, 1.165) is 44.9 Å². The minimum absolute atomic E-state index is 0.0511. The molecule has 0 heterocycles. The first kappa shape index (κ1) is 25.6. The molecule has 0 spiro atoms. The number of hydrogen-bond donors (Lipinski definition) is 2. The van der Waals surface area contributed by atoms with Crippen LogP contribution in [0.3, 0.4) is 0 Å². The molecule has 5 heteroatoms. The molecule has 1 aliphatic rings. The summed E-state index contributed by atoms with van der Waals surface area (Å²) in [5.74, 6) is 0.197. The van der Waals surface area contributed by atoms with Crippen LogP contribution in [0.5, 0.6) is 0 Å². The van der Waals surface area contributed by atoms with E-state index < -0.39 is 6.10 Å². The lowest BCUT2D eigenvalue weighted by Gasteiger charge is -2.28. The average molecular weight is 422 g/mol. The molecule has 3 atom stereocenters. The first-order chi connectivity index (χ1) is 13.8. The number of carbonyl (C=O) groups excluding carboxylic acids is 1. The van der Waals surface area contributed by atoms with Gasteiger partial charge in [0.05, 0.1) is 12.7 Å². The molecule has 164 valence electrons. The molecule has 4 nitrogen and oxygen atoms in total. The highest BCUT2D eigenvalue weighted by atomic mass is 32.1. The zero-order valence-electron chi connectivity index (χ0n) is 18.5. The van der Waals surface area contributed by atoms with Crippen LogP contribution >= 0.6 is 12.2 Å². The van der Waals surface area contributed by atoms with Crippen molar-refractivity contribution >= 4 is 23.2 Å². The van der Waals surface area contributed by atoms with E-state index in [2.05, 4.69) is 38.2 Å². The Balaban J connectivity index is 2.41. The minimum Gasteiger partial charge on any atom is -0.471 e. The molecule has 0 amide bonds. The van der Waals surface area contributed by atoms with Crippen LogP contribution in [0.2, 0.25) is 0 Å². The first-order valence-corrected chi connectivity index (χ1v) is 11.3. The molecule has 2 N–H and O–H groups in total. The molecule has 0 aromatic carbocycles. The van der Waals surface area contributed by atoms with E-state index in [1.807, 2.05) is 18.2 Å². The van der Waals surface area contributed by atoms with Crippen LogP contribution in [-0.2, 0) is 9.53 Å². The van der Waals surface area contributed by atoms with Gasteiger partial charge >= 0.3 is 0 Å². The van der Waals surface area contributed by atoms with Gasteiger partial charge in [0.1, 0.15) is 0 Å². The van der Waals surface area contributed by atoms with E-state index in [1.54, 1.807) is 13.1 Å². The molecule has 0 aromatic heterocycles. The normalized spacial score (nSPS) is 20.7. The van der Waals surface area contributed by atoms with Crippen molar-refractivity contribution < 1.29 is 14.6 Å². The van der Waals surface area contributed by atoms with Crippen molar-refractivity contribution in [2.75, 3.05) is 13.7 Å². The van der Waals surface area contributed by atoms with Gasteiger partial charge in [0.25, 0.3) is 5.17 Å². The highest BCUT2D eigenvalue weighted by Gasteiger charge is 2.29. The van der Waals surface area contributed by atoms with Gasteiger partial charge in [-0.1, -0.05) is 64.0 Å². The van der Waals surface area contributed by atoms with Gasteiger partial charge < -0.3 is 15.2 Å². The second kappa shape index (κ2) is 13.7. The molecule has 29 heavy (non-hydrogen) atoms. The Morgan fingerprint density at radius 3 is 2.79 bits per heavy atom. The number of aliphatic hydroxyl groups excluding tert-OH is 1. The zero-order valence-corrected chi connectivity index (χ0v) is 19.3. The van der Waals surface area contributed by atoms with Gasteiger partial charge in [-0.3, -0.25) is 4.79 Å². The van der Waals surface area contributed by atoms with E-state index in [0.29, 0.717) is 11.8 Å². The number of allylic oxidation sites excluding steroid dienone is 5. The number of unbranched alkanes of at least 4 members (excludes halogenated alkanes) is 3. The monoisotopic (exact) mass is 421 g/mol. The molecule has 0 unspecified atom stereocenters. The number of rotatable bonds is 13. The van der Waals surface area contributed by atoms with E-state index >= 15 is 0 Å². The zero-order chi connectivity index (χ0) is 21.7. The molecule has 0 radical (unpaired) electrons. The van der Waals surface area contributed by atoms with Crippen molar-refractivity contribution in [2.24, 2.45) is 17.3 Å². The fourth-order valence-corrected chi connectivity index (χ4v) is 3.44. The maximum atomic E-state index is 12.2. The van der Waals surface area contributed by atoms with Crippen LogP contribution in [0.4, 0.5) is 0 Å². The topological polar surface area (TPSA) is 58.6 Å². The summed E-state index contributed by atoms with van der Waals surface area (Å²) in [5.41, 5.74) is -0.144. The molecule has 0 saturated heterocycles. The summed E-state index contributed by atoms with van der Waals surface area (Å²) in [6.07, 6.45) is 18.2. The molecule has 0 bridgehead atoms. The Morgan fingerprint density at radius 2 is 2.10 bits per heavy atom. The van der Waals surface area contributed by atoms with Crippen molar-refractivity contribution in [1.29, 1.82) is 0 Å². The van der Waals surface area contributed by atoms with E-state index in [1.165, 1.54) is 0 Å². The number of ketones is 1. The minimum atomic E-state index is -0.493. The Kier molecular flexibility index (Phi) is 12.1. The fraction of sp³-hybridized carbons (Fsp3) is 0.667. The summed E-state index contributed by atoms with van der Waals surface area (Å²) in [6.45, 7) is 7.00. The van der Waals surface area contributed by atoms with Crippen LogP contribution in [0.25, 0.3) is 0 Å². The standard InChI is InChI=1S/C24H39NO3S/c1-5-6-17-24(2,3)22(27)16-14-19-13-15-21(26)20(19)12-10-8-7-9-11-18-28-23(29)25-4/h8,10,13-16,19-20,22,27H,5-7,9,11-12,17-18H2,1-4H3,(H,25,29)/b10-8-,16-14+/t19-,20-,22-/m1/s1. The van der Waals surface area contributed by atoms with Crippen LogP contribution < -0.4 is 5.32 Å². The van der Waals surface area contributed by atoms with Crippen molar-refractivity contribution in [2.45, 2.75) is 71.8 Å². The maximum Gasteiger partial charge on any atom is 0.256 e. The fourth-order valence-electron chi connectivity index (χ4n) is 3.36. The molecule has 0 aromatic rings. The van der Waals surface area contributed by atoms with E-state index in [9.17, 15) is 9.90 Å². The van der Waals surface area contributed by atoms with Crippen LogP contribution in [0.15, 0.2) is 36.5 Å².